The van der Waals surface area contributed by atoms with Crippen molar-refractivity contribution in [3.63, 3.8) is 0 Å². The molecule has 1 saturated carbocycles. The molecule has 24 heavy (non-hydrogen) atoms. The van der Waals surface area contributed by atoms with Gasteiger partial charge in [0.1, 0.15) is 5.69 Å². The van der Waals surface area contributed by atoms with E-state index in [2.05, 4.69) is 9.97 Å². The molecule has 1 aliphatic heterocycles. The van der Waals surface area contributed by atoms with Crippen LogP contribution in [-0.2, 0) is 4.79 Å². The van der Waals surface area contributed by atoms with Crippen LogP contribution in [0.15, 0.2) is 18.6 Å². The maximum atomic E-state index is 13.0. The molecule has 2 amide bonds. The summed E-state index contributed by atoms with van der Waals surface area (Å²) in [6, 6.07) is -0.00689. The van der Waals surface area contributed by atoms with Crippen molar-refractivity contribution in [3.05, 3.63) is 24.3 Å². The van der Waals surface area contributed by atoms with Crippen LogP contribution >= 0.6 is 0 Å². The highest BCUT2D eigenvalue weighted by molar-refractivity contribution is 5.93. The number of fused-ring (bicyclic) bond motifs is 1. The standard InChI is InChI=1S/C18H26N4O2/c1-21-11-4-2-3-5-12-22(16-8-6-7-14(16)17(21)23)18(24)15-13-19-9-10-20-15/h9-10,13-14,16H,2-8,11-12H2,1H3. The van der Waals surface area contributed by atoms with E-state index in [-0.39, 0.29) is 23.8 Å². The quantitative estimate of drug-likeness (QED) is 0.791. The summed E-state index contributed by atoms with van der Waals surface area (Å²) in [6.45, 7) is 1.52. The molecule has 2 aliphatic rings. The number of carbonyl (C=O) groups excluding carboxylic acids is 2. The molecule has 1 aromatic rings. The normalized spacial score (nSPS) is 26.0. The molecule has 3 rings (SSSR count). The third-order valence-electron chi connectivity index (χ3n) is 5.26. The summed E-state index contributed by atoms with van der Waals surface area (Å²) in [7, 11) is 1.89. The number of nitrogens with zero attached hydrogens (tertiary/aromatic N) is 4. The summed E-state index contributed by atoms with van der Waals surface area (Å²) in [5.41, 5.74) is 0.374. The summed E-state index contributed by atoms with van der Waals surface area (Å²) in [5, 5.41) is 0. The van der Waals surface area contributed by atoms with Crippen LogP contribution in [0.1, 0.15) is 55.4 Å². The fraction of sp³-hybridized carbons (Fsp3) is 0.667. The molecule has 130 valence electrons. The van der Waals surface area contributed by atoms with Gasteiger partial charge < -0.3 is 9.80 Å². The number of hydrogen-bond donors (Lipinski definition) is 0. The SMILES string of the molecule is CN1CCCCCCN(C(=O)c2cnccn2)C2CCCC2C1=O. The first-order chi connectivity index (χ1) is 11.7. The van der Waals surface area contributed by atoms with Crippen LogP contribution < -0.4 is 0 Å². The lowest BCUT2D eigenvalue weighted by molar-refractivity contribution is -0.135. The second-order valence-corrected chi connectivity index (χ2v) is 6.87. The lowest BCUT2D eigenvalue weighted by atomic mass is 9.99. The zero-order valence-electron chi connectivity index (χ0n) is 14.4. The van der Waals surface area contributed by atoms with Gasteiger partial charge in [0, 0.05) is 38.6 Å². The van der Waals surface area contributed by atoms with Gasteiger partial charge in [-0.15, -0.1) is 0 Å². The Hall–Kier alpha value is -1.98. The molecule has 0 aromatic carbocycles. The molecule has 2 fully saturated rings. The van der Waals surface area contributed by atoms with Gasteiger partial charge >= 0.3 is 0 Å². The van der Waals surface area contributed by atoms with Crippen molar-refractivity contribution in [3.8, 4) is 0 Å². The predicted molar refractivity (Wildman–Crippen MR) is 90.3 cm³/mol. The van der Waals surface area contributed by atoms with Crippen molar-refractivity contribution in [1.29, 1.82) is 0 Å². The Labute approximate surface area is 143 Å². The van der Waals surface area contributed by atoms with Gasteiger partial charge in [-0.05, 0) is 25.7 Å². The molecular formula is C18H26N4O2. The van der Waals surface area contributed by atoms with Crippen LogP contribution in [0.25, 0.3) is 0 Å². The maximum Gasteiger partial charge on any atom is 0.274 e. The van der Waals surface area contributed by atoms with Crippen LogP contribution in [0.3, 0.4) is 0 Å². The van der Waals surface area contributed by atoms with E-state index in [4.69, 9.17) is 0 Å². The Morgan fingerprint density at radius 2 is 1.88 bits per heavy atom. The third kappa shape index (κ3) is 3.57. The molecule has 0 radical (unpaired) electrons. The molecule has 6 nitrogen and oxygen atoms in total. The van der Waals surface area contributed by atoms with E-state index in [1.807, 2.05) is 16.8 Å². The van der Waals surface area contributed by atoms with E-state index in [1.54, 1.807) is 12.4 Å². The highest BCUT2D eigenvalue weighted by Gasteiger charge is 2.40. The summed E-state index contributed by atoms with van der Waals surface area (Å²) in [4.78, 5) is 37.7. The third-order valence-corrected chi connectivity index (χ3v) is 5.26. The molecule has 0 bridgehead atoms. The molecule has 1 saturated heterocycles. The van der Waals surface area contributed by atoms with Crippen molar-refractivity contribution in [2.45, 2.75) is 51.0 Å². The molecule has 0 spiro atoms. The molecule has 0 N–H and O–H groups in total. The van der Waals surface area contributed by atoms with Gasteiger partial charge in [-0.25, -0.2) is 4.98 Å². The Morgan fingerprint density at radius 3 is 2.62 bits per heavy atom. The van der Waals surface area contributed by atoms with Gasteiger partial charge in [-0.3, -0.25) is 14.6 Å². The van der Waals surface area contributed by atoms with Crippen LogP contribution in [0.5, 0.6) is 0 Å². The topological polar surface area (TPSA) is 66.4 Å². The van der Waals surface area contributed by atoms with Crippen LogP contribution in [0.4, 0.5) is 0 Å². The fourth-order valence-electron chi connectivity index (χ4n) is 3.95. The largest absolute Gasteiger partial charge is 0.345 e. The maximum absolute atomic E-state index is 13.0. The highest BCUT2D eigenvalue weighted by Crippen LogP contribution is 2.33. The van der Waals surface area contributed by atoms with E-state index in [1.165, 1.54) is 6.20 Å². The number of amides is 2. The van der Waals surface area contributed by atoms with Crippen molar-refractivity contribution in [1.82, 2.24) is 19.8 Å². The lowest BCUT2D eigenvalue weighted by Crippen LogP contribution is -2.47. The monoisotopic (exact) mass is 330 g/mol. The Balaban J connectivity index is 1.86. The number of rotatable bonds is 1. The summed E-state index contributed by atoms with van der Waals surface area (Å²) in [6.07, 6.45) is 11.6. The fourth-order valence-corrected chi connectivity index (χ4v) is 3.95. The first-order valence-electron chi connectivity index (χ1n) is 9.00. The second-order valence-electron chi connectivity index (χ2n) is 6.87. The van der Waals surface area contributed by atoms with E-state index < -0.39 is 0 Å². The van der Waals surface area contributed by atoms with Gasteiger partial charge in [0.15, 0.2) is 0 Å². The number of hydrogen-bond acceptors (Lipinski definition) is 4. The minimum Gasteiger partial charge on any atom is -0.345 e. The van der Waals surface area contributed by atoms with E-state index in [0.717, 1.165) is 51.5 Å². The molecule has 1 aliphatic carbocycles. The Kier molecular flexibility index (Phi) is 5.43. The number of carbonyl (C=O) groups is 2. The number of aromatic nitrogens is 2. The minimum absolute atomic E-state index is 0.00689. The molecule has 2 heterocycles. The van der Waals surface area contributed by atoms with Crippen molar-refractivity contribution in [2.24, 2.45) is 5.92 Å². The lowest BCUT2D eigenvalue weighted by Gasteiger charge is -2.33. The van der Waals surface area contributed by atoms with Gasteiger partial charge in [0.2, 0.25) is 5.91 Å². The molecule has 2 atom stereocenters. The zero-order valence-corrected chi connectivity index (χ0v) is 14.4. The summed E-state index contributed by atoms with van der Waals surface area (Å²) < 4.78 is 0. The smallest absolute Gasteiger partial charge is 0.274 e. The highest BCUT2D eigenvalue weighted by atomic mass is 16.2. The second kappa shape index (κ2) is 7.73. The van der Waals surface area contributed by atoms with Crippen LogP contribution in [-0.4, -0.2) is 57.8 Å². The van der Waals surface area contributed by atoms with Crippen LogP contribution in [0, 0.1) is 5.92 Å². The van der Waals surface area contributed by atoms with Crippen molar-refractivity contribution < 1.29 is 9.59 Å². The van der Waals surface area contributed by atoms with Gasteiger partial charge in [-0.2, -0.15) is 0 Å². The van der Waals surface area contributed by atoms with Gasteiger partial charge in [0.05, 0.1) is 12.1 Å². The first kappa shape index (κ1) is 16.9. The molecular weight excluding hydrogens is 304 g/mol. The first-order valence-corrected chi connectivity index (χ1v) is 9.00. The van der Waals surface area contributed by atoms with Crippen molar-refractivity contribution in [2.75, 3.05) is 20.1 Å². The van der Waals surface area contributed by atoms with Crippen LogP contribution in [0.2, 0.25) is 0 Å². The van der Waals surface area contributed by atoms with E-state index in [9.17, 15) is 9.59 Å². The predicted octanol–water partition coefficient (Wildman–Crippen LogP) is 2.12. The average molecular weight is 330 g/mol. The zero-order chi connectivity index (χ0) is 16.9. The van der Waals surface area contributed by atoms with E-state index in [0.29, 0.717) is 12.2 Å². The Bertz CT molecular complexity index is 578. The minimum atomic E-state index is -0.0882. The van der Waals surface area contributed by atoms with Gasteiger partial charge in [-0.1, -0.05) is 19.3 Å². The molecule has 1 aromatic heterocycles. The Morgan fingerprint density at radius 1 is 1.08 bits per heavy atom. The average Bonchev–Trinajstić information content (AvgIpc) is 3.08. The van der Waals surface area contributed by atoms with E-state index >= 15 is 0 Å². The molecule has 6 heteroatoms. The summed E-state index contributed by atoms with van der Waals surface area (Å²) in [5.74, 6) is 0.0276. The summed E-state index contributed by atoms with van der Waals surface area (Å²) >= 11 is 0. The van der Waals surface area contributed by atoms with Gasteiger partial charge in [0.25, 0.3) is 5.91 Å². The van der Waals surface area contributed by atoms with Crippen molar-refractivity contribution >= 4 is 11.8 Å². The molecule has 2 unspecified atom stereocenters.